The highest BCUT2D eigenvalue weighted by Gasteiger charge is 2.22. The molecule has 1 fully saturated rings. The summed E-state index contributed by atoms with van der Waals surface area (Å²) in [6, 6.07) is 18.6. The first-order valence-electron chi connectivity index (χ1n) is 11.4. The lowest BCUT2D eigenvalue weighted by molar-refractivity contribution is 0.0947. The molecule has 1 aromatic heterocycles. The molecule has 5 nitrogen and oxygen atoms in total. The number of piperazine rings is 1. The average Bonchev–Trinajstić information content (AvgIpc) is 2.87. The molecule has 0 spiro atoms. The number of carbonyl (C=O) groups is 1. The number of amides is 1. The number of hydrogen-bond acceptors (Lipinski definition) is 4. The van der Waals surface area contributed by atoms with Crippen LogP contribution in [0.25, 0.3) is 11.3 Å². The third-order valence-electron chi connectivity index (χ3n) is 5.95. The van der Waals surface area contributed by atoms with Crippen LogP contribution in [0.3, 0.4) is 0 Å². The van der Waals surface area contributed by atoms with Gasteiger partial charge in [-0.2, -0.15) is 0 Å². The minimum absolute atomic E-state index is 0.202. The van der Waals surface area contributed by atoms with E-state index in [2.05, 4.69) is 20.1 Å². The van der Waals surface area contributed by atoms with Crippen LogP contribution in [0.1, 0.15) is 16.8 Å². The van der Waals surface area contributed by atoms with E-state index < -0.39 is 6.17 Å². The molecule has 1 amide bonds. The topological polar surface area (TPSA) is 48.5 Å². The van der Waals surface area contributed by atoms with Crippen LogP contribution < -0.4 is 10.2 Å². The number of carbonyl (C=O) groups excluding carboxylic acids is 1. The van der Waals surface area contributed by atoms with Crippen LogP contribution in [0.15, 0.2) is 66.9 Å². The zero-order valence-electron chi connectivity index (χ0n) is 18.8. The second kappa shape index (κ2) is 11.6. The standard InChI is InChI=1S/C26H27Cl2FN4O/c27-22-4-3-6-24(25(22)28)33-16-14-32(15-17-33)18-21(29)11-13-31-26(34)20-9-7-19(8-10-20)23-5-1-2-12-30-23/h1-10,12,21H,11,13-18H2,(H,31,34). The fourth-order valence-electron chi connectivity index (χ4n) is 4.05. The molecule has 2 heterocycles. The van der Waals surface area contributed by atoms with Crippen molar-refractivity contribution in [2.24, 2.45) is 0 Å². The highest BCUT2D eigenvalue weighted by molar-refractivity contribution is 6.43. The Morgan fingerprint density at radius 1 is 1.00 bits per heavy atom. The Kier molecular flexibility index (Phi) is 8.38. The molecule has 34 heavy (non-hydrogen) atoms. The van der Waals surface area contributed by atoms with Gasteiger partial charge in [0.05, 0.1) is 21.4 Å². The summed E-state index contributed by atoms with van der Waals surface area (Å²) >= 11 is 12.4. The number of nitrogens with one attached hydrogen (secondary N) is 1. The lowest BCUT2D eigenvalue weighted by Gasteiger charge is -2.37. The molecule has 1 saturated heterocycles. The van der Waals surface area contributed by atoms with Crippen molar-refractivity contribution < 1.29 is 9.18 Å². The molecule has 4 rings (SSSR count). The number of pyridine rings is 1. The van der Waals surface area contributed by atoms with Crippen LogP contribution in [0, 0.1) is 0 Å². The van der Waals surface area contributed by atoms with Crippen molar-refractivity contribution in [3.63, 3.8) is 0 Å². The maximum Gasteiger partial charge on any atom is 0.251 e. The SMILES string of the molecule is O=C(NCCC(F)CN1CCN(c2cccc(Cl)c2Cl)CC1)c1ccc(-c2ccccn2)cc1. The normalized spacial score (nSPS) is 15.2. The fourth-order valence-corrected chi connectivity index (χ4v) is 4.46. The number of aromatic nitrogens is 1. The Morgan fingerprint density at radius 2 is 1.76 bits per heavy atom. The Bertz CT molecular complexity index is 1090. The molecule has 178 valence electrons. The van der Waals surface area contributed by atoms with Crippen molar-refractivity contribution in [2.75, 3.05) is 44.2 Å². The number of hydrogen-bond donors (Lipinski definition) is 1. The van der Waals surface area contributed by atoms with Gasteiger partial charge in [-0.3, -0.25) is 14.7 Å². The molecule has 1 N–H and O–H groups in total. The lowest BCUT2D eigenvalue weighted by Crippen LogP contribution is -2.48. The second-order valence-corrected chi connectivity index (χ2v) is 9.08. The number of rotatable bonds is 8. The van der Waals surface area contributed by atoms with Crippen molar-refractivity contribution in [1.29, 1.82) is 0 Å². The van der Waals surface area contributed by atoms with E-state index in [1.54, 1.807) is 24.4 Å². The minimum atomic E-state index is -1.01. The first kappa shape index (κ1) is 24.5. The number of benzene rings is 2. The van der Waals surface area contributed by atoms with Crippen molar-refractivity contribution in [2.45, 2.75) is 12.6 Å². The van der Waals surface area contributed by atoms with Gasteiger partial charge in [-0.25, -0.2) is 4.39 Å². The van der Waals surface area contributed by atoms with Crippen LogP contribution >= 0.6 is 23.2 Å². The van der Waals surface area contributed by atoms with E-state index in [4.69, 9.17) is 23.2 Å². The lowest BCUT2D eigenvalue weighted by atomic mass is 10.1. The molecule has 1 aliphatic heterocycles. The number of alkyl halides is 1. The molecular weight excluding hydrogens is 474 g/mol. The molecule has 1 aliphatic rings. The van der Waals surface area contributed by atoms with Crippen LogP contribution in [0.5, 0.6) is 0 Å². The van der Waals surface area contributed by atoms with Gasteiger partial charge in [-0.1, -0.05) is 47.5 Å². The smallest absolute Gasteiger partial charge is 0.251 e. The van der Waals surface area contributed by atoms with Gasteiger partial charge >= 0.3 is 0 Å². The fraction of sp³-hybridized carbons (Fsp3) is 0.308. The van der Waals surface area contributed by atoms with Crippen molar-refractivity contribution in [1.82, 2.24) is 15.2 Å². The summed E-state index contributed by atoms with van der Waals surface area (Å²) in [5, 5.41) is 3.91. The van der Waals surface area contributed by atoms with Crippen molar-refractivity contribution in [3.05, 3.63) is 82.5 Å². The first-order chi connectivity index (χ1) is 16.5. The van der Waals surface area contributed by atoms with Crippen LogP contribution in [-0.2, 0) is 0 Å². The van der Waals surface area contributed by atoms with E-state index >= 15 is 0 Å². The average molecular weight is 501 g/mol. The largest absolute Gasteiger partial charge is 0.368 e. The molecule has 0 bridgehead atoms. The zero-order chi connectivity index (χ0) is 23.9. The molecule has 0 saturated carbocycles. The Balaban J connectivity index is 1.18. The third-order valence-corrected chi connectivity index (χ3v) is 6.76. The summed E-state index contributed by atoms with van der Waals surface area (Å²) in [7, 11) is 0. The summed E-state index contributed by atoms with van der Waals surface area (Å²) in [5.74, 6) is -0.202. The number of anilines is 1. The zero-order valence-corrected chi connectivity index (χ0v) is 20.3. The predicted octanol–water partition coefficient (Wildman–Crippen LogP) is 5.34. The molecule has 0 aliphatic carbocycles. The summed E-state index contributed by atoms with van der Waals surface area (Å²) in [6.45, 7) is 3.67. The van der Waals surface area contributed by atoms with E-state index in [0.29, 0.717) is 28.7 Å². The molecule has 3 aromatic rings. The highest BCUT2D eigenvalue weighted by atomic mass is 35.5. The van der Waals surface area contributed by atoms with Gasteiger partial charge in [0.25, 0.3) is 5.91 Å². The van der Waals surface area contributed by atoms with Crippen LogP contribution in [-0.4, -0.2) is 61.2 Å². The van der Waals surface area contributed by atoms with Gasteiger partial charge in [-0.15, -0.1) is 0 Å². The van der Waals surface area contributed by atoms with E-state index in [-0.39, 0.29) is 12.3 Å². The molecule has 0 radical (unpaired) electrons. The predicted molar refractivity (Wildman–Crippen MR) is 137 cm³/mol. The summed E-state index contributed by atoms with van der Waals surface area (Å²) in [5.41, 5.74) is 3.26. The molecule has 2 aromatic carbocycles. The van der Waals surface area contributed by atoms with Gasteiger partial charge in [0, 0.05) is 56.6 Å². The Morgan fingerprint density at radius 3 is 2.47 bits per heavy atom. The molecule has 8 heteroatoms. The van der Waals surface area contributed by atoms with Crippen LogP contribution in [0.2, 0.25) is 10.0 Å². The van der Waals surface area contributed by atoms with Gasteiger partial charge in [-0.05, 0) is 42.8 Å². The van der Waals surface area contributed by atoms with Crippen molar-refractivity contribution >= 4 is 34.8 Å². The Hall–Kier alpha value is -2.67. The Labute approximate surface area is 209 Å². The molecular formula is C26H27Cl2FN4O. The molecule has 1 unspecified atom stereocenters. The van der Waals surface area contributed by atoms with E-state index in [1.807, 2.05) is 42.5 Å². The van der Waals surface area contributed by atoms with Gasteiger partial charge in [0.1, 0.15) is 6.17 Å². The maximum absolute atomic E-state index is 14.6. The van der Waals surface area contributed by atoms with E-state index in [9.17, 15) is 9.18 Å². The third kappa shape index (κ3) is 6.26. The van der Waals surface area contributed by atoms with Gasteiger partial charge in [0.15, 0.2) is 0 Å². The summed E-state index contributed by atoms with van der Waals surface area (Å²) in [6.07, 6.45) is 1.00. The van der Waals surface area contributed by atoms with Crippen LogP contribution in [0.4, 0.5) is 10.1 Å². The monoisotopic (exact) mass is 500 g/mol. The number of nitrogens with zero attached hydrogens (tertiary/aromatic N) is 3. The maximum atomic E-state index is 14.6. The first-order valence-corrected chi connectivity index (χ1v) is 12.1. The minimum Gasteiger partial charge on any atom is -0.368 e. The number of halogens is 3. The van der Waals surface area contributed by atoms with E-state index in [0.717, 1.165) is 43.1 Å². The quantitative estimate of drug-likeness (QED) is 0.453. The van der Waals surface area contributed by atoms with E-state index in [1.165, 1.54) is 0 Å². The highest BCUT2D eigenvalue weighted by Crippen LogP contribution is 2.32. The van der Waals surface area contributed by atoms with Crippen molar-refractivity contribution in [3.8, 4) is 11.3 Å². The summed E-state index contributed by atoms with van der Waals surface area (Å²) < 4.78 is 14.6. The summed E-state index contributed by atoms with van der Waals surface area (Å²) in [4.78, 5) is 21.0. The van der Waals surface area contributed by atoms with Gasteiger partial charge in [0.2, 0.25) is 0 Å². The second-order valence-electron chi connectivity index (χ2n) is 8.29. The molecule has 1 atom stereocenters. The van der Waals surface area contributed by atoms with Gasteiger partial charge < -0.3 is 10.2 Å².